The molecule has 6 heteroatoms. The van der Waals surface area contributed by atoms with E-state index in [2.05, 4.69) is 30.1 Å². The van der Waals surface area contributed by atoms with Gasteiger partial charge in [-0.05, 0) is 51.7 Å². The number of likely N-dealkylation sites (N-methyl/N-ethyl adjacent to an activating group) is 1. The summed E-state index contributed by atoms with van der Waals surface area (Å²) in [6, 6.07) is 9.39. The lowest BCUT2D eigenvalue weighted by molar-refractivity contribution is -0.413. The van der Waals surface area contributed by atoms with Crippen molar-refractivity contribution in [1.82, 2.24) is 10.2 Å². The summed E-state index contributed by atoms with van der Waals surface area (Å²) < 4.78 is 1.68. The van der Waals surface area contributed by atoms with Gasteiger partial charge in [0, 0.05) is 36.8 Å². The number of carbonyl (C=O) groups is 2. The van der Waals surface area contributed by atoms with E-state index in [1.54, 1.807) is 23.4 Å². The highest BCUT2D eigenvalue weighted by Gasteiger charge is 2.38. The molecule has 1 aromatic rings. The van der Waals surface area contributed by atoms with Crippen molar-refractivity contribution in [1.29, 1.82) is 0 Å². The normalized spacial score (nSPS) is 26.5. The molecule has 180 valence electrons. The van der Waals surface area contributed by atoms with Crippen molar-refractivity contribution in [3.63, 3.8) is 0 Å². The fourth-order valence-corrected chi connectivity index (χ4v) is 6.29. The summed E-state index contributed by atoms with van der Waals surface area (Å²) in [4.78, 5) is 29.1. The minimum Gasteiger partial charge on any atom is -0.352 e. The van der Waals surface area contributed by atoms with E-state index in [9.17, 15) is 9.59 Å². The zero-order chi connectivity index (χ0) is 24.2. The van der Waals surface area contributed by atoms with Crippen molar-refractivity contribution in [3.8, 4) is 0 Å². The number of allylic oxidation sites excluding steroid dienone is 1. The molecule has 2 aliphatic heterocycles. The largest absolute Gasteiger partial charge is 0.425 e. The van der Waals surface area contributed by atoms with E-state index in [4.69, 9.17) is 0 Å². The van der Waals surface area contributed by atoms with Crippen LogP contribution < -0.4 is 5.32 Å². The van der Waals surface area contributed by atoms with Crippen molar-refractivity contribution in [2.24, 2.45) is 0 Å². The number of thioether (sulfide) groups is 1. The van der Waals surface area contributed by atoms with Crippen LogP contribution >= 0.6 is 11.8 Å². The second-order valence-corrected chi connectivity index (χ2v) is 10.9. The topological polar surface area (TPSA) is 52.4 Å². The van der Waals surface area contributed by atoms with Crippen LogP contribution in [0.4, 0.5) is 0 Å². The molecule has 1 aliphatic carbocycles. The first-order valence-corrected chi connectivity index (χ1v) is 13.2. The van der Waals surface area contributed by atoms with E-state index in [1.165, 1.54) is 24.8 Å². The van der Waals surface area contributed by atoms with Crippen molar-refractivity contribution in [2.45, 2.75) is 63.8 Å². The molecule has 0 radical (unpaired) electrons. The van der Waals surface area contributed by atoms with E-state index < -0.39 is 0 Å². The molecule has 1 saturated heterocycles. The smallest absolute Gasteiger partial charge is 0.352 e. The minimum atomic E-state index is -0.0751. The number of benzene rings is 1. The quantitative estimate of drug-likeness (QED) is 0.376. The van der Waals surface area contributed by atoms with Crippen LogP contribution in [0.15, 0.2) is 53.0 Å². The lowest BCUT2D eigenvalue weighted by Crippen LogP contribution is -2.44. The van der Waals surface area contributed by atoms with Gasteiger partial charge in [-0.1, -0.05) is 60.2 Å². The predicted molar refractivity (Wildman–Crippen MR) is 141 cm³/mol. The molecular weight excluding hydrogens is 442 g/mol. The molecule has 2 amide bonds. The lowest BCUT2D eigenvalue weighted by atomic mass is 9.97. The highest BCUT2D eigenvalue weighted by molar-refractivity contribution is 8.05. The van der Waals surface area contributed by atoms with Crippen LogP contribution in [0.3, 0.4) is 0 Å². The summed E-state index contributed by atoms with van der Waals surface area (Å²) in [6.07, 6.45) is 12.5. The Balaban J connectivity index is 1.38. The third-order valence-corrected chi connectivity index (χ3v) is 8.26. The maximum Gasteiger partial charge on any atom is 0.425 e. The highest BCUT2D eigenvalue weighted by atomic mass is 32.2. The highest BCUT2D eigenvalue weighted by Crippen LogP contribution is 2.33. The number of aryl methyl sites for hydroxylation is 1. The van der Waals surface area contributed by atoms with Gasteiger partial charge >= 0.3 is 5.91 Å². The minimum absolute atomic E-state index is 0.0254. The van der Waals surface area contributed by atoms with Gasteiger partial charge in [0.1, 0.15) is 17.2 Å². The lowest BCUT2D eigenvalue weighted by Gasteiger charge is -2.39. The summed E-state index contributed by atoms with van der Waals surface area (Å²) in [5, 5.41) is 3.10. The number of rotatable bonds is 6. The fourth-order valence-electron chi connectivity index (χ4n) is 5.07. The zero-order valence-corrected chi connectivity index (χ0v) is 21.5. The summed E-state index contributed by atoms with van der Waals surface area (Å²) >= 11 is 1.54. The summed E-state index contributed by atoms with van der Waals surface area (Å²) in [6.45, 7) is 8.33. The van der Waals surface area contributed by atoms with Crippen LogP contribution in [-0.2, 0) is 9.59 Å². The molecule has 0 saturated carbocycles. The Morgan fingerprint density at radius 1 is 1.26 bits per heavy atom. The van der Waals surface area contributed by atoms with Crippen LogP contribution in [-0.4, -0.2) is 64.5 Å². The van der Waals surface area contributed by atoms with Crippen LogP contribution in [0.5, 0.6) is 0 Å². The van der Waals surface area contributed by atoms with E-state index >= 15 is 0 Å². The Labute approximate surface area is 207 Å². The number of nitrogens with zero attached hydrogens (tertiary/aromatic N) is 2. The average molecular weight is 479 g/mol. The number of fused-ring (bicyclic) bond motifs is 1. The van der Waals surface area contributed by atoms with Crippen LogP contribution in [0.25, 0.3) is 6.08 Å². The molecule has 2 heterocycles. The Morgan fingerprint density at radius 3 is 2.76 bits per heavy atom. The molecule has 34 heavy (non-hydrogen) atoms. The maximum absolute atomic E-state index is 13.0. The average Bonchev–Trinajstić information content (AvgIpc) is 2.81. The molecule has 3 atom stereocenters. The van der Waals surface area contributed by atoms with Gasteiger partial charge in [0.15, 0.2) is 0 Å². The first-order chi connectivity index (χ1) is 16.3. The van der Waals surface area contributed by atoms with Crippen molar-refractivity contribution in [3.05, 3.63) is 64.1 Å². The van der Waals surface area contributed by atoms with Gasteiger partial charge in [-0.3, -0.25) is 9.69 Å². The Kier molecular flexibility index (Phi) is 7.89. The Morgan fingerprint density at radius 2 is 2.03 bits per heavy atom. The van der Waals surface area contributed by atoms with E-state index in [1.807, 2.05) is 49.4 Å². The predicted octanol–water partition coefficient (Wildman–Crippen LogP) is 4.33. The maximum atomic E-state index is 13.0. The summed E-state index contributed by atoms with van der Waals surface area (Å²) in [5.41, 5.74) is 3.66. The molecular formula is C28H36N3O2S+. The summed E-state index contributed by atoms with van der Waals surface area (Å²) in [7, 11) is 1.79. The third kappa shape index (κ3) is 5.61. The second-order valence-electron chi connectivity index (χ2n) is 9.69. The molecule has 0 aromatic heterocycles. The third-order valence-electron chi connectivity index (χ3n) is 7.06. The zero-order valence-electron chi connectivity index (χ0n) is 20.7. The number of likely N-dealkylation sites (tertiary alicyclic amines) is 1. The standard InChI is InChI=1S/C28H35N3O2S/c1-19-8-5-11-22(16-19)17-26-28(33)30(4)24-18-23(12-13-25(24)34-26)27(32)29-14-7-15-31-20(2)9-6-10-21(31)3/h5,8,11-13,16-18,20-21,25H,6-7,9-10,14-15H2,1-4H3/p+1/b26-17+. The SMILES string of the molecule is Cc1cccc(/C=C2/SC3C=CC(C(=O)NCCCN4C(C)CCCC4C)=CC3=[N+](C)C2=O)c1. The van der Waals surface area contributed by atoms with E-state index in [-0.39, 0.29) is 17.1 Å². The number of hydrogen-bond donors (Lipinski definition) is 1. The van der Waals surface area contributed by atoms with Gasteiger partial charge in [0.25, 0.3) is 5.91 Å². The van der Waals surface area contributed by atoms with Crippen molar-refractivity contribution in [2.75, 3.05) is 20.1 Å². The van der Waals surface area contributed by atoms with Crippen molar-refractivity contribution >= 4 is 35.4 Å². The van der Waals surface area contributed by atoms with Gasteiger partial charge in [-0.15, -0.1) is 0 Å². The molecule has 0 bridgehead atoms. The van der Waals surface area contributed by atoms with Crippen LogP contribution in [0.2, 0.25) is 0 Å². The first kappa shape index (κ1) is 24.7. The molecule has 3 unspecified atom stereocenters. The molecule has 4 rings (SSSR count). The number of piperidine rings is 1. The summed E-state index contributed by atoms with van der Waals surface area (Å²) in [5.74, 6) is -0.109. The number of amides is 2. The van der Waals surface area contributed by atoms with E-state index in [0.29, 0.717) is 29.1 Å². The molecule has 0 spiro atoms. The molecule has 1 aromatic carbocycles. The monoisotopic (exact) mass is 478 g/mol. The van der Waals surface area contributed by atoms with Crippen molar-refractivity contribution < 1.29 is 14.2 Å². The Hall–Kier alpha value is -2.44. The number of carbonyl (C=O) groups excluding carboxylic acids is 2. The van der Waals surface area contributed by atoms with Gasteiger partial charge in [0.05, 0.1) is 0 Å². The number of hydrogen-bond acceptors (Lipinski definition) is 4. The molecule has 1 fully saturated rings. The van der Waals surface area contributed by atoms with Gasteiger partial charge < -0.3 is 5.32 Å². The van der Waals surface area contributed by atoms with Crippen LogP contribution in [0, 0.1) is 6.92 Å². The fraction of sp³-hybridized carbons (Fsp3) is 0.464. The second kappa shape index (κ2) is 10.9. The van der Waals surface area contributed by atoms with Gasteiger partial charge in [-0.25, -0.2) is 4.79 Å². The van der Waals surface area contributed by atoms with E-state index in [0.717, 1.165) is 24.2 Å². The molecule has 5 nitrogen and oxygen atoms in total. The molecule has 1 N–H and O–H groups in total. The molecule has 3 aliphatic rings. The number of nitrogens with one attached hydrogen (secondary N) is 1. The first-order valence-electron chi connectivity index (χ1n) is 12.4. The van der Waals surface area contributed by atoms with Crippen LogP contribution in [0.1, 0.15) is 50.7 Å². The Bertz CT molecular complexity index is 1070. The van der Waals surface area contributed by atoms with Gasteiger partial charge in [-0.2, -0.15) is 4.58 Å². The van der Waals surface area contributed by atoms with Gasteiger partial charge in [0.2, 0.25) is 5.71 Å².